The summed E-state index contributed by atoms with van der Waals surface area (Å²) in [7, 11) is 0. The summed E-state index contributed by atoms with van der Waals surface area (Å²) in [5.74, 6) is -0.182. The summed E-state index contributed by atoms with van der Waals surface area (Å²) in [4.78, 5) is 14.5. The van der Waals surface area contributed by atoms with E-state index in [9.17, 15) is 4.79 Å². The van der Waals surface area contributed by atoms with Gasteiger partial charge in [0, 0.05) is 15.8 Å². The van der Waals surface area contributed by atoms with Gasteiger partial charge in [-0.15, -0.1) is 11.3 Å². The Morgan fingerprint density at radius 3 is 2.56 bits per heavy atom. The van der Waals surface area contributed by atoms with Crippen LogP contribution in [-0.2, 0) is 9.53 Å². The Bertz CT molecular complexity index is 400. The van der Waals surface area contributed by atoms with Crippen LogP contribution in [0.25, 0.3) is 0 Å². The Hall–Kier alpha value is -0.870. The van der Waals surface area contributed by atoms with Gasteiger partial charge >= 0.3 is 5.97 Å². The Morgan fingerprint density at radius 1 is 1.44 bits per heavy atom. The van der Waals surface area contributed by atoms with Crippen molar-refractivity contribution < 1.29 is 9.53 Å². The molecule has 2 unspecified atom stereocenters. The maximum atomic E-state index is 12.1. The topological polar surface area (TPSA) is 38.3 Å². The van der Waals surface area contributed by atoms with E-state index >= 15 is 0 Å². The lowest BCUT2D eigenvalue weighted by Crippen LogP contribution is -2.36. The number of aryl methyl sites for hydroxylation is 2. The molecule has 0 aromatic carbocycles. The van der Waals surface area contributed by atoms with E-state index in [4.69, 9.17) is 4.74 Å². The van der Waals surface area contributed by atoms with Crippen molar-refractivity contribution in [3.8, 4) is 0 Å². The van der Waals surface area contributed by atoms with Crippen LogP contribution in [0.3, 0.4) is 0 Å². The number of hydrogen-bond donors (Lipinski definition) is 1. The van der Waals surface area contributed by atoms with Crippen LogP contribution >= 0.6 is 11.3 Å². The summed E-state index contributed by atoms with van der Waals surface area (Å²) < 4.78 is 5.17. The molecule has 1 N–H and O–H groups in total. The van der Waals surface area contributed by atoms with Crippen molar-refractivity contribution in [1.29, 1.82) is 0 Å². The maximum Gasteiger partial charge on any atom is 0.327 e. The van der Waals surface area contributed by atoms with Crippen LogP contribution in [0.1, 0.15) is 48.6 Å². The third kappa shape index (κ3) is 3.82. The SMILES string of the molecule is CCOC(=O)C(NC(C)CC)c1cc(C)sc1C. The molecule has 0 spiro atoms. The highest BCUT2D eigenvalue weighted by Gasteiger charge is 2.25. The number of ether oxygens (including phenoxy) is 1. The van der Waals surface area contributed by atoms with Crippen molar-refractivity contribution >= 4 is 17.3 Å². The second-order valence-electron chi connectivity index (χ2n) is 4.53. The summed E-state index contributed by atoms with van der Waals surface area (Å²) in [6.45, 7) is 10.6. The quantitative estimate of drug-likeness (QED) is 0.805. The predicted octanol–water partition coefficient (Wildman–Crippen LogP) is 3.36. The van der Waals surface area contributed by atoms with Gasteiger partial charge in [-0.1, -0.05) is 6.92 Å². The monoisotopic (exact) mass is 269 g/mol. The molecule has 1 heterocycles. The van der Waals surface area contributed by atoms with Gasteiger partial charge in [0.2, 0.25) is 0 Å². The molecule has 1 rings (SSSR count). The Labute approximate surface area is 114 Å². The average Bonchev–Trinajstić information content (AvgIpc) is 2.65. The van der Waals surface area contributed by atoms with E-state index in [0.29, 0.717) is 12.6 Å². The molecule has 1 aromatic rings. The number of thiophene rings is 1. The molecule has 102 valence electrons. The lowest BCUT2D eigenvalue weighted by atomic mass is 10.1. The summed E-state index contributed by atoms with van der Waals surface area (Å²) in [6.07, 6.45) is 0.984. The van der Waals surface area contributed by atoms with Crippen LogP contribution in [0.15, 0.2) is 6.07 Å². The molecule has 0 aliphatic heterocycles. The van der Waals surface area contributed by atoms with Crippen LogP contribution in [0.5, 0.6) is 0 Å². The third-order valence-corrected chi connectivity index (χ3v) is 3.96. The standard InChI is InChI=1S/C14H23NO2S/c1-6-9(3)15-13(14(16)17-7-2)12-8-10(4)18-11(12)5/h8-9,13,15H,6-7H2,1-5H3. The molecule has 0 saturated carbocycles. The van der Waals surface area contributed by atoms with E-state index in [1.807, 2.05) is 6.92 Å². The number of carbonyl (C=O) groups excluding carboxylic acids is 1. The zero-order valence-electron chi connectivity index (χ0n) is 11.9. The Kier molecular flexibility index (Phi) is 5.82. The molecule has 18 heavy (non-hydrogen) atoms. The van der Waals surface area contributed by atoms with E-state index < -0.39 is 0 Å². The van der Waals surface area contributed by atoms with Gasteiger partial charge in [-0.05, 0) is 45.7 Å². The largest absolute Gasteiger partial charge is 0.465 e. The molecule has 0 aliphatic carbocycles. The van der Waals surface area contributed by atoms with Crippen LogP contribution in [-0.4, -0.2) is 18.6 Å². The zero-order valence-corrected chi connectivity index (χ0v) is 12.7. The number of esters is 1. The minimum atomic E-state index is -0.343. The van der Waals surface area contributed by atoms with E-state index in [1.54, 1.807) is 11.3 Å². The lowest BCUT2D eigenvalue weighted by Gasteiger charge is -2.21. The minimum absolute atomic E-state index is 0.182. The molecule has 0 aliphatic rings. The van der Waals surface area contributed by atoms with Gasteiger partial charge in [0.15, 0.2) is 0 Å². The smallest absolute Gasteiger partial charge is 0.327 e. The fourth-order valence-corrected chi connectivity index (χ4v) is 2.81. The summed E-state index contributed by atoms with van der Waals surface area (Å²) in [5, 5.41) is 3.35. The molecule has 2 atom stereocenters. The summed E-state index contributed by atoms with van der Waals surface area (Å²) >= 11 is 1.72. The Balaban J connectivity index is 2.96. The number of rotatable bonds is 6. The van der Waals surface area contributed by atoms with Crippen molar-refractivity contribution in [2.45, 2.75) is 53.1 Å². The van der Waals surface area contributed by atoms with Gasteiger partial charge in [-0.25, -0.2) is 4.79 Å². The first-order chi connectivity index (χ1) is 8.49. The van der Waals surface area contributed by atoms with Gasteiger partial charge in [-0.2, -0.15) is 0 Å². The fourth-order valence-electron chi connectivity index (χ4n) is 1.85. The van der Waals surface area contributed by atoms with Crippen molar-refractivity contribution in [1.82, 2.24) is 5.32 Å². The number of hydrogen-bond acceptors (Lipinski definition) is 4. The highest BCUT2D eigenvalue weighted by molar-refractivity contribution is 7.12. The zero-order chi connectivity index (χ0) is 13.7. The first kappa shape index (κ1) is 15.2. The molecule has 0 saturated heterocycles. The molecule has 0 radical (unpaired) electrons. The van der Waals surface area contributed by atoms with E-state index in [0.717, 1.165) is 12.0 Å². The van der Waals surface area contributed by atoms with E-state index in [-0.39, 0.29) is 12.0 Å². The second kappa shape index (κ2) is 6.90. The normalized spacial score (nSPS) is 14.3. The maximum absolute atomic E-state index is 12.1. The van der Waals surface area contributed by atoms with Crippen molar-refractivity contribution in [3.05, 3.63) is 21.4 Å². The highest BCUT2D eigenvalue weighted by Crippen LogP contribution is 2.27. The van der Waals surface area contributed by atoms with E-state index in [2.05, 4.69) is 39.1 Å². The van der Waals surface area contributed by atoms with Crippen LogP contribution in [0.2, 0.25) is 0 Å². The van der Waals surface area contributed by atoms with Gasteiger partial charge in [0.1, 0.15) is 6.04 Å². The number of carbonyl (C=O) groups is 1. The van der Waals surface area contributed by atoms with Crippen molar-refractivity contribution in [3.63, 3.8) is 0 Å². The van der Waals surface area contributed by atoms with E-state index in [1.165, 1.54) is 9.75 Å². The van der Waals surface area contributed by atoms with Gasteiger partial charge in [0.05, 0.1) is 6.61 Å². The molecule has 1 aromatic heterocycles. The second-order valence-corrected chi connectivity index (χ2v) is 5.99. The molecule has 4 heteroatoms. The van der Waals surface area contributed by atoms with Gasteiger partial charge in [-0.3, -0.25) is 5.32 Å². The molecule has 0 amide bonds. The lowest BCUT2D eigenvalue weighted by molar-refractivity contribution is -0.146. The molecule has 0 fully saturated rings. The van der Waals surface area contributed by atoms with Crippen LogP contribution < -0.4 is 5.32 Å². The van der Waals surface area contributed by atoms with Crippen molar-refractivity contribution in [2.24, 2.45) is 0 Å². The first-order valence-corrected chi connectivity index (χ1v) is 7.30. The summed E-state index contributed by atoms with van der Waals surface area (Å²) in [5.41, 5.74) is 1.05. The van der Waals surface area contributed by atoms with Crippen LogP contribution in [0, 0.1) is 13.8 Å². The molecular formula is C14H23NO2S. The Morgan fingerprint density at radius 2 is 2.11 bits per heavy atom. The molecule has 3 nitrogen and oxygen atoms in total. The first-order valence-electron chi connectivity index (χ1n) is 6.49. The van der Waals surface area contributed by atoms with Gasteiger partial charge < -0.3 is 4.74 Å². The van der Waals surface area contributed by atoms with Crippen molar-refractivity contribution in [2.75, 3.05) is 6.61 Å². The highest BCUT2D eigenvalue weighted by atomic mass is 32.1. The average molecular weight is 269 g/mol. The third-order valence-electron chi connectivity index (χ3n) is 2.98. The molecular weight excluding hydrogens is 246 g/mol. The minimum Gasteiger partial charge on any atom is -0.465 e. The summed E-state index contributed by atoms with van der Waals surface area (Å²) in [6, 6.07) is 2.03. The molecule has 0 bridgehead atoms. The van der Waals surface area contributed by atoms with Crippen LogP contribution in [0.4, 0.5) is 0 Å². The number of nitrogens with one attached hydrogen (secondary N) is 1. The fraction of sp³-hybridized carbons (Fsp3) is 0.643. The van der Waals surface area contributed by atoms with Gasteiger partial charge in [0.25, 0.3) is 0 Å². The predicted molar refractivity (Wildman–Crippen MR) is 76.1 cm³/mol.